The Bertz CT molecular complexity index is 1120. The van der Waals surface area contributed by atoms with Crippen LogP contribution in [-0.4, -0.2) is 28.0 Å². The molecule has 1 aromatic carbocycles. The molecule has 0 fully saturated rings. The Morgan fingerprint density at radius 3 is 2.79 bits per heavy atom. The molecule has 1 atom stereocenters. The smallest absolute Gasteiger partial charge is 0.263 e. The number of hydrogen-bond acceptors (Lipinski definition) is 6. The third-order valence-corrected chi connectivity index (χ3v) is 4.75. The van der Waals surface area contributed by atoms with E-state index in [2.05, 4.69) is 14.9 Å². The van der Waals surface area contributed by atoms with Crippen molar-refractivity contribution in [2.75, 3.05) is 18.9 Å². The Balaban J connectivity index is 1.86. The minimum absolute atomic E-state index is 0.265. The van der Waals surface area contributed by atoms with E-state index in [0.717, 1.165) is 16.9 Å². The molecule has 0 unspecified atom stereocenters. The quantitative estimate of drug-likeness (QED) is 0.586. The van der Waals surface area contributed by atoms with Crippen molar-refractivity contribution < 1.29 is 14.2 Å². The highest BCUT2D eigenvalue weighted by Crippen LogP contribution is 2.41. The molecule has 8 nitrogen and oxygen atoms in total. The Hall–Kier alpha value is -3.73. The number of hydrogen-bond donors (Lipinski definition) is 1. The van der Waals surface area contributed by atoms with Gasteiger partial charge in [0, 0.05) is 17.3 Å². The number of anilines is 1. The van der Waals surface area contributed by atoms with Crippen LogP contribution in [0.5, 0.6) is 17.4 Å². The van der Waals surface area contributed by atoms with Gasteiger partial charge in [0.25, 0.3) is 11.7 Å². The number of fused-ring (bicyclic) bond motifs is 5. The number of rotatable bonds is 0. The van der Waals surface area contributed by atoms with Gasteiger partial charge in [-0.25, -0.2) is 4.98 Å². The zero-order valence-corrected chi connectivity index (χ0v) is 16.5. The molecular formula is C21H21N5O3. The molecule has 8 heteroatoms. The highest BCUT2D eigenvalue weighted by molar-refractivity contribution is 5.82. The van der Waals surface area contributed by atoms with E-state index in [1.165, 1.54) is 4.68 Å². The summed E-state index contributed by atoms with van der Waals surface area (Å²) in [5.41, 5.74) is 9.29. The topological polar surface area (TPSA) is 88.8 Å². The van der Waals surface area contributed by atoms with E-state index < -0.39 is 0 Å². The molecule has 0 aliphatic carbocycles. The first-order chi connectivity index (χ1) is 14.0. The van der Waals surface area contributed by atoms with E-state index in [9.17, 15) is 0 Å². The molecule has 0 saturated heterocycles. The van der Waals surface area contributed by atoms with E-state index in [0.29, 0.717) is 35.2 Å². The summed E-state index contributed by atoms with van der Waals surface area (Å²) in [5, 5.41) is 4.35. The summed E-state index contributed by atoms with van der Waals surface area (Å²) >= 11 is 0. The molecule has 2 aromatic heterocycles. The predicted octanol–water partition coefficient (Wildman–Crippen LogP) is 3.83. The summed E-state index contributed by atoms with van der Waals surface area (Å²) in [5.74, 6) is 2.10. The zero-order chi connectivity index (χ0) is 20.5. The van der Waals surface area contributed by atoms with E-state index >= 15 is 0 Å². The van der Waals surface area contributed by atoms with Gasteiger partial charge in [-0.1, -0.05) is 23.3 Å². The molecule has 0 saturated carbocycles. The van der Waals surface area contributed by atoms with Crippen LogP contribution in [0.15, 0.2) is 30.5 Å². The number of nitrogen functional groups attached to an aromatic ring is 1. The van der Waals surface area contributed by atoms with Crippen molar-refractivity contribution in [2.24, 2.45) is 7.05 Å². The van der Waals surface area contributed by atoms with Crippen molar-refractivity contribution in [3.8, 4) is 28.5 Å². The minimum Gasteiger partial charge on any atom is -0.490 e. The van der Waals surface area contributed by atoms with Crippen LogP contribution >= 0.6 is 0 Å². The van der Waals surface area contributed by atoms with Crippen LogP contribution in [0.25, 0.3) is 16.0 Å². The van der Waals surface area contributed by atoms with Crippen LogP contribution in [-0.2, 0) is 7.05 Å². The lowest BCUT2D eigenvalue weighted by Crippen LogP contribution is -2.12. The van der Waals surface area contributed by atoms with Gasteiger partial charge in [-0.2, -0.15) is 4.68 Å². The lowest BCUT2D eigenvalue weighted by Gasteiger charge is -2.20. The second-order valence-electron chi connectivity index (χ2n) is 6.84. The molecule has 148 valence electrons. The van der Waals surface area contributed by atoms with Gasteiger partial charge in [0.1, 0.15) is 25.1 Å². The summed E-state index contributed by atoms with van der Waals surface area (Å²) < 4.78 is 19.5. The lowest BCUT2D eigenvalue weighted by molar-refractivity contribution is 0.195. The fraction of sp³-hybridized carbons (Fsp3) is 0.286. The van der Waals surface area contributed by atoms with Gasteiger partial charge in [0.2, 0.25) is 0 Å². The third kappa shape index (κ3) is 3.43. The van der Waals surface area contributed by atoms with Gasteiger partial charge in [-0.3, -0.25) is 0 Å². The van der Waals surface area contributed by atoms with Gasteiger partial charge in [0.15, 0.2) is 11.6 Å². The number of aryl methyl sites for hydroxylation is 2. The summed E-state index contributed by atoms with van der Waals surface area (Å²) in [6.07, 6.45) is 1.28. The molecule has 3 heterocycles. The third-order valence-electron chi connectivity index (χ3n) is 4.75. The number of ether oxygens (including phenoxy) is 3. The van der Waals surface area contributed by atoms with Crippen molar-refractivity contribution in [3.05, 3.63) is 53.0 Å². The van der Waals surface area contributed by atoms with Crippen LogP contribution in [0.4, 0.5) is 11.6 Å². The molecule has 2 N–H and O–H groups in total. The summed E-state index contributed by atoms with van der Waals surface area (Å²) in [6, 6.07) is 7.71. The van der Waals surface area contributed by atoms with Gasteiger partial charge in [-0.15, -0.1) is 0 Å². The Morgan fingerprint density at radius 1 is 1.21 bits per heavy atom. The van der Waals surface area contributed by atoms with Crippen LogP contribution < -0.4 is 19.9 Å². The monoisotopic (exact) mass is 391 g/mol. The van der Waals surface area contributed by atoms with E-state index in [4.69, 9.17) is 26.5 Å². The van der Waals surface area contributed by atoms with Crippen LogP contribution in [0.1, 0.15) is 24.2 Å². The fourth-order valence-corrected chi connectivity index (χ4v) is 3.32. The largest absolute Gasteiger partial charge is 0.490 e. The molecule has 1 aliphatic rings. The average Bonchev–Trinajstić information content (AvgIpc) is 3.02. The van der Waals surface area contributed by atoms with Crippen molar-refractivity contribution in [3.63, 3.8) is 0 Å². The van der Waals surface area contributed by atoms with Gasteiger partial charge >= 0.3 is 0 Å². The molecule has 4 rings (SSSR count). The molecule has 29 heavy (non-hydrogen) atoms. The highest BCUT2D eigenvalue weighted by atomic mass is 16.5. The molecule has 0 amide bonds. The van der Waals surface area contributed by atoms with Crippen LogP contribution in [0.2, 0.25) is 0 Å². The van der Waals surface area contributed by atoms with Crippen LogP contribution in [0, 0.1) is 13.5 Å². The van der Waals surface area contributed by atoms with Crippen molar-refractivity contribution >= 4 is 11.6 Å². The van der Waals surface area contributed by atoms with Crippen LogP contribution in [0.3, 0.4) is 0 Å². The Kier molecular flexibility index (Phi) is 4.72. The first-order valence-electron chi connectivity index (χ1n) is 9.21. The van der Waals surface area contributed by atoms with Crippen molar-refractivity contribution in [2.45, 2.75) is 20.0 Å². The van der Waals surface area contributed by atoms with Gasteiger partial charge in [0.05, 0.1) is 12.6 Å². The van der Waals surface area contributed by atoms with Gasteiger partial charge < -0.3 is 24.8 Å². The maximum atomic E-state index is 7.54. The normalized spacial score (nSPS) is 15.7. The molecule has 1 aliphatic heterocycles. The predicted molar refractivity (Wildman–Crippen MR) is 108 cm³/mol. The maximum Gasteiger partial charge on any atom is 0.263 e. The second kappa shape index (κ2) is 7.36. The first-order valence-corrected chi connectivity index (χ1v) is 9.21. The summed E-state index contributed by atoms with van der Waals surface area (Å²) in [4.78, 5) is 7.87. The molecule has 0 radical (unpaired) electrons. The summed E-state index contributed by atoms with van der Waals surface area (Å²) in [6.45, 7) is 12.1. The number of nitrogens with zero attached hydrogens (tertiary/aromatic N) is 4. The number of pyridine rings is 1. The number of benzene rings is 1. The standard InChI is InChI=1S/C21H21N5O3/c1-12-5-6-16-15(9-12)13(2)29-17-10-14(11-24-19(17)22)18-20(23-3)26(4)25-21(18)28-8-7-27-16/h5-6,9-11,13H,7-8H2,1-2,4H3,(H2,22,24)/t13-/m0/s1. The number of nitrogens with two attached hydrogens (primary N) is 1. The van der Waals surface area contributed by atoms with E-state index in [1.807, 2.05) is 32.0 Å². The molecule has 2 bridgehead atoms. The Morgan fingerprint density at radius 2 is 2.00 bits per heavy atom. The fourth-order valence-electron chi connectivity index (χ4n) is 3.32. The minimum atomic E-state index is -0.320. The SMILES string of the molecule is [C-]#[N+]c1c2c(nn1C)OCCOc1ccc(C)cc1[C@H](C)Oc1cc-2cnc1N. The average molecular weight is 391 g/mol. The van der Waals surface area contributed by atoms with E-state index in [1.54, 1.807) is 19.3 Å². The molecular weight excluding hydrogens is 370 g/mol. The first kappa shape index (κ1) is 18.6. The van der Waals surface area contributed by atoms with Gasteiger partial charge in [-0.05, 0) is 32.0 Å². The molecule has 3 aromatic rings. The lowest BCUT2D eigenvalue weighted by atomic mass is 10.1. The molecule has 0 spiro atoms. The zero-order valence-electron chi connectivity index (χ0n) is 16.5. The van der Waals surface area contributed by atoms with Crippen molar-refractivity contribution in [1.82, 2.24) is 14.8 Å². The Labute approximate surface area is 168 Å². The highest BCUT2D eigenvalue weighted by Gasteiger charge is 2.23. The van der Waals surface area contributed by atoms with E-state index in [-0.39, 0.29) is 18.5 Å². The number of aromatic nitrogens is 3. The second-order valence-corrected chi connectivity index (χ2v) is 6.84. The summed E-state index contributed by atoms with van der Waals surface area (Å²) in [7, 11) is 1.70. The van der Waals surface area contributed by atoms with Crippen molar-refractivity contribution in [1.29, 1.82) is 0 Å². The maximum absolute atomic E-state index is 7.54.